The number of nitrogens with one attached hydrogen (secondary N) is 1. The van der Waals surface area contributed by atoms with Gasteiger partial charge in [0.05, 0.1) is 12.2 Å². The summed E-state index contributed by atoms with van der Waals surface area (Å²) in [5.41, 5.74) is 4.14. The number of nitrogens with zero attached hydrogens (tertiary/aromatic N) is 4. The number of pyridine rings is 1. The minimum absolute atomic E-state index is 0.0389. The van der Waals surface area contributed by atoms with Gasteiger partial charge in [0.2, 0.25) is 15.9 Å². The molecule has 1 fully saturated rings. The molecule has 4 rings (SSSR count). The van der Waals surface area contributed by atoms with Gasteiger partial charge in [-0.15, -0.1) is 0 Å². The van der Waals surface area contributed by atoms with Gasteiger partial charge >= 0.3 is 0 Å². The number of benzene rings is 1. The zero-order chi connectivity index (χ0) is 23.4. The summed E-state index contributed by atoms with van der Waals surface area (Å²) in [7, 11) is -3.57. The van der Waals surface area contributed by atoms with Crippen molar-refractivity contribution in [2.45, 2.75) is 44.7 Å². The number of aromatic nitrogens is 3. The second-order valence-corrected chi connectivity index (χ2v) is 10.3. The molecule has 9 heteroatoms. The molecular formula is C24H29N5O3S. The van der Waals surface area contributed by atoms with Crippen LogP contribution >= 0.6 is 0 Å². The normalized spacial score (nSPS) is 15.5. The van der Waals surface area contributed by atoms with Crippen LogP contribution in [0.3, 0.4) is 0 Å². The highest BCUT2D eigenvalue weighted by molar-refractivity contribution is 7.89. The molecule has 0 saturated carbocycles. The van der Waals surface area contributed by atoms with Gasteiger partial charge in [0, 0.05) is 49.2 Å². The monoisotopic (exact) mass is 467 g/mol. The maximum absolute atomic E-state index is 12.8. The van der Waals surface area contributed by atoms with E-state index in [1.165, 1.54) is 16.1 Å². The summed E-state index contributed by atoms with van der Waals surface area (Å²) in [4.78, 5) is 16.9. The Morgan fingerprint density at radius 1 is 1.09 bits per heavy atom. The molecule has 0 bridgehead atoms. The summed E-state index contributed by atoms with van der Waals surface area (Å²) in [6.07, 6.45) is 3.90. The molecule has 2 aromatic heterocycles. The summed E-state index contributed by atoms with van der Waals surface area (Å²) in [6, 6.07) is 13.3. The van der Waals surface area contributed by atoms with E-state index in [0.29, 0.717) is 39.0 Å². The largest absolute Gasteiger partial charge is 0.352 e. The van der Waals surface area contributed by atoms with Crippen LogP contribution in [0.4, 0.5) is 0 Å². The molecule has 0 atom stereocenters. The van der Waals surface area contributed by atoms with Gasteiger partial charge in [0.15, 0.2) is 0 Å². The van der Waals surface area contributed by atoms with Crippen LogP contribution in [0, 0.1) is 19.8 Å². The average Bonchev–Trinajstić information content (AvgIpc) is 3.10. The maximum atomic E-state index is 12.8. The van der Waals surface area contributed by atoms with E-state index >= 15 is 0 Å². The number of carbonyl (C=O) groups is 1. The highest BCUT2D eigenvalue weighted by atomic mass is 32.2. The fourth-order valence-electron chi connectivity index (χ4n) is 4.23. The highest BCUT2D eigenvalue weighted by Crippen LogP contribution is 2.24. The van der Waals surface area contributed by atoms with Crippen LogP contribution in [0.25, 0.3) is 0 Å². The van der Waals surface area contributed by atoms with Crippen molar-refractivity contribution in [1.29, 1.82) is 0 Å². The number of piperidine rings is 1. The van der Waals surface area contributed by atoms with E-state index in [1.54, 1.807) is 18.3 Å². The maximum Gasteiger partial charge on any atom is 0.244 e. The SMILES string of the molecule is Cc1nn(Cc2ccccc2)c(C)c1CNC(=O)C1CCN(S(=O)(=O)c2cccnc2)CC1. The fraction of sp³-hybridized carbons (Fsp3) is 0.375. The molecule has 0 aliphatic carbocycles. The van der Waals surface area contributed by atoms with Crippen molar-refractivity contribution in [3.05, 3.63) is 77.4 Å². The second kappa shape index (κ2) is 9.84. The number of aryl methyl sites for hydroxylation is 1. The third-order valence-corrected chi connectivity index (χ3v) is 8.13. The molecule has 1 aliphatic rings. The molecular weight excluding hydrogens is 438 g/mol. The van der Waals surface area contributed by atoms with Crippen molar-refractivity contribution in [3.63, 3.8) is 0 Å². The average molecular weight is 468 g/mol. The van der Waals surface area contributed by atoms with E-state index in [0.717, 1.165) is 17.0 Å². The smallest absolute Gasteiger partial charge is 0.244 e. The van der Waals surface area contributed by atoms with Gasteiger partial charge in [-0.3, -0.25) is 14.5 Å². The first-order valence-corrected chi connectivity index (χ1v) is 12.5. The number of rotatable bonds is 7. The molecule has 1 N–H and O–H groups in total. The van der Waals surface area contributed by atoms with Gasteiger partial charge in [-0.25, -0.2) is 8.42 Å². The quantitative estimate of drug-likeness (QED) is 0.576. The van der Waals surface area contributed by atoms with Crippen molar-refractivity contribution in [2.75, 3.05) is 13.1 Å². The lowest BCUT2D eigenvalue weighted by Gasteiger charge is -2.30. The molecule has 0 unspecified atom stereocenters. The van der Waals surface area contributed by atoms with Crippen LogP contribution < -0.4 is 5.32 Å². The summed E-state index contributed by atoms with van der Waals surface area (Å²) in [5, 5.41) is 7.69. The molecule has 1 aliphatic heterocycles. The van der Waals surface area contributed by atoms with E-state index in [2.05, 4.69) is 27.5 Å². The van der Waals surface area contributed by atoms with Crippen LogP contribution in [-0.2, 0) is 27.9 Å². The van der Waals surface area contributed by atoms with Crippen molar-refractivity contribution >= 4 is 15.9 Å². The van der Waals surface area contributed by atoms with Gasteiger partial charge in [-0.05, 0) is 44.4 Å². The van der Waals surface area contributed by atoms with Crippen LogP contribution in [0.15, 0.2) is 59.8 Å². The molecule has 3 aromatic rings. The van der Waals surface area contributed by atoms with Crippen molar-refractivity contribution in [3.8, 4) is 0 Å². The number of hydrogen-bond acceptors (Lipinski definition) is 5. The lowest BCUT2D eigenvalue weighted by Crippen LogP contribution is -2.42. The molecule has 0 radical (unpaired) electrons. The topological polar surface area (TPSA) is 97.2 Å². The van der Waals surface area contributed by atoms with Gasteiger partial charge in [0.1, 0.15) is 4.90 Å². The number of sulfonamides is 1. The molecule has 1 aromatic carbocycles. The summed E-state index contributed by atoms with van der Waals surface area (Å²) in [6.45, 7) is 5.72. The number of amides is 1. The van der Waals surface area contributed by atoms with Crippen molar-refractivity contribution in [1.82, 2.24) is 24.4 Å². The van der Waals surface area contributed by atoms with Gasteiger partial charge in [-0.1, -0.05) is 30.3 Å². The first-order valence-electron chi connectivity index (χ1n) is 11.1. The molecule has 3 heterocycles. The molecule has 0 spiro atoms. The van der Waals surface area contributed by atoms with Gasteiger partial charge < -0.3 is 5.32 Å². The van der Waals surface area contributed by atoms with E-state index in [1.807, 2.05) is 36.7 Å². The Morgan fingerprint density at radius 2 is 1.82 bits per heavy atom. The van der Waals surface area contributed by atoms with Crippen LogP contribution in [-0.4, -0.2) is 46.5 Å². The van der Waals surface area contributed by atoms with E-state index < -0.39 is 10.0 Å². The van der Waals surface area contributed by atoms with Gasteiger partial charge in [0.25, 0.3) is 0 Å². The number of hydrogen-bond donors (Lipinski definition) is 1. The Labute approximate surface area is 194 Å². The fourth-order valence-corrected chi connectivity index (χ4v) is 5.66. The Balaban J connectivity index is 1.33. The lowest BCUT2D eigenvalue weighted by molar-refractivity contribution is -0.126. The standard InChI is InChI=1S/C24H29N5O3S/c1-18-23(19(2)29(27-18)17-20-7-4-3-5-8-20)16-26-24(30)21-10-13-28(14-11-21)33(31,32)22-9-6-12-25-15-22/h3-9,12,15,21H,10-11,13-14,16-17H2,1-2H3,(H,26,30). The van der Waals surface area contributed by atoms with E-state index in [9.17, 15) is 13.2 Å². The number of carbonyl (C=O) groups excluding carboxylic acids is 1. The Kier molecular flexibility index (Phi) is 6.90. The molecule has 1 saturated heterocycles. The van der Waals surface area contributed by atoms with Crippen LogP contribution in [0.1, 0.15) is 35.4 Å². The summed E-state index contributed by atoms with van der Waals surface area (Å²) < 4.78 is 28.9. The first kappa shape index (κ1) is 23.1. The minimum Gasteiger partial charge on any atom is -0.352 e. The minimum atomic E-state index is -3.57. The Hall–Kier alpha value is -3.04. The zero-order valence-corrected chi connectivity index (χ0v) is 19.8. The highest BCUT2D eigenvalue weighted by Gasteiger charge is 2.32. The van der Waals surface area contributed by atoms with E-state index in [-0.39, 0.29) is 16.7 Å². The van der Waals surface area contributed by atoms with Crippen molar-refractivity contribution in [2.24, 2.45) is 5.92 Å². The molecule has 33 heavy (non-hydrogen) atoms. The summed E-state index contributed by atoms with van der Waals surface area (Å²) >= 11 is 0. The third-order valence-electron chi connectivity index (χ3n) is 6.24. The van der Waals surface area contributed by atoms with Gasteiger partial charge in [-0.2, -0.15) is 9.40 Å². The Morgan fingerprint density at radius 3 is 2.48 bits per heavy atom. The predicted octanol–water partition coefficient (Wildman–Crippen LogP) is 2.66. The molecule has 8 nitrogen and oxygen atoms in total. The lowest BCUT2D eigenvalue weighted by atomic mass is 9.97. The van der Waals surface area contributed by atoms with Crippen molar-refractivity contribution < 1.29 is 13.2 Å². The third kappa shape index (κ3) is 5.15. The van der Waals surface area contributed by atoms with Crippen LogP contribution in [0.5, 0.6) is 0 Å². The second-order valence-electron chi connectivity index (χ2n) is 8.38. The first-order chi connectivity index (χ1) is 15.9. The molecule has 1 amide bonds. The Bertz CT molecular complexity index is 1200. The predicted molar refractivity (Wildman–Crippen MR) is 125 cm³/mol. The zero-order valence-electron chi connectivity index (χ0n) is 18.9. The summed E-state index contributed by atoms with van der Waals surface area (Å²) in [5.74, 6) is -0.242. The van der Waals surface area contributed by atoms with E-state index in [4.69, 9.17) is 0 Å². The molecule has 174 valence electrons. The van der Waals surface area contributed by atoms with Crippen LogP contribution in [0.2, 0.25) is 0 Å².